The molecule has 0 aliphatic heterocycles. The molecule has 0 amide bonds. The van der Waals surface area contributed by atoms with Gasteiger partial charge in [-0.05, 0) is 127 Å². The second-order valence-electron chi connectivity index (χ2n) is 25.9. The summed E-state index contributed by atoms with van der Waals surface area (Å²) in [6, 6.07) is 83.1. The largest absolute Gasteiger partial charge is 0.512 e. The van der Waals surface area contributed by atoms with Gasteiger partial charge in [-0.1, -0.05) is 184 Å². The molecule has 0 unspecified atom stereocenters. The zero-order valence-corrected chi connectivity index (χ0v) is 68.8. The quantitative estimate of drug-likeness (QED) is 0.0693. The van der Waals surface area contributed by atoms with E-state index in [0.29, 0.717) is 0 Å². The first-order valence-electron chi connectivity index (χ1n) is 34.7. The standard InChI is InChI=1S/C27H18NO2.C26H16NO2.C25H14NO2.3C5H8O2.3Ir/c1-16-7-5-8-17(2)26(16)24-14-18-13-22(28-15-25(18)29-24)21-11-6-10-20-19-9-3-4-12-23(19)30-27(20)21;1-16-9-11-17(12-10-16)24-14-18-13-22(27-15-25(18)28-24)21-7-4-6-20-19-5-2-3-8-23(19)29-26(20)21;1-2-7-16(8-3-1)23-14-17-13-21(26-15-24(17)27-23)20-11-6-10-19-18-9-4-5-12-22(18)28-25(19)20;3*1-4(6)3-5(2)7;;;/h3-10,12-15H,1-2H3;2-6,8-15H,1H3;1-10,12-15H;3*3,6H,1-2H3;;;/q3*-1;;;;;;. The number of hydrogen-bond donors (Lipinski definition) is 3. The predicted molar refractivity (Wildman–Crippen MR) is 428 cm³/mol. The van der Waals surface area contributed by atoms with Crippen LogP contribution in [-0.4, -0.2) is 47.6 Å². The van der Waals surface area contributed by atoms with Gasteiger partial charge in [-0.25, -0.2) is 0 Å². The van der Waals surface area contributed by atoms with Gasteiger partial charge in [0.05, 0.1) is 52.6 Å². The number of rotatable bonds is 9. The SMILES string of the molecule is CC(=O)C=C(C)O.CC(=O)C=C(C)O.CC(=O)C=C(C)O.Cc1ccc(-c2cc3cc(-c4[c-]ccc5c4oc4ccccc45)ncc3o2)cc1.Cc1cccc(C)c1-c1cc2cc(-c3[c-]ccc4c3oc3ccccc34)ncc2o1.[Ir].[Ir].[Ir].[c-]1ccc2c(oc3ccccc32)c1-c1cc2cc(-c3ccccc3)oc2cn1. The predicted octanol–water partition coefficient (Wildman–Crippen LogP) is 24.6. The summed E-state index contributed by atoms with van der Waals surface area (Å²) in [5, 5.41) is 34.6. The Bertz CT molecular complexity index is 6390. The number of carbonyl (C=O) groups is 3. The van der Waals surface area contributed by atoms with Crippen LogP contribution >= 0.6 is 0 Å². The molecule has 18 aromatic rings. The first kappa shape index (κ1) is 81.5. The molecule has 9 heterocycles. The van der Waals surface area contributed by atoms with Crippen molar-refractivity contribution < 1.29 is 117 Å². The van der Waals surface area contributed by atoms with Crippen molar-refractivity contribution in [1.82, 2.24) is 15.0 Å². The Morgan fingerprint density at radius 3 is 0.982 bits per heavy atom. The Kier molecular flexibility index (Phi) is 26.8. The van der Waals surface area contributed by atoms with Gasteiger partial charge in [-0.2, -0.15) is 0 Å². The molecule has 0 atom stereocenters. The van der Waals surface area contributed by atoms with Crippen LogP contribution in [0.3, 0.4) is 0 Å². The molecule has 0 saturated carbocycles. The summed E-state index contributed by atoms with van der Waals surface area (Å²) in [5.74, 6) is 2.35. The fourth-order valence-corrected chi connectivity index (χ4v) is 12.7. The Balaban J connectivity index is 0.000000155. The molecule has 3 radical (unpaired) electrons. The molecular weight excluding hydrogens is 1930 g/mol. The molecule has 9 aromatic heterocycles. The first-order chi connectivity index (χ1) is 52.2. The second-order valence-corrected chi connectivity index (χ2v) is 25.9. The maximum absolute atomic E-state index is 10.0. The van der Waals surface area contributed by atoms with Crippen LogP contribution in [0.5, 0.6) is 0 Å². The average Bonchev–Trinajstić information content (AvgIpc) is 1.63. The summed E-state index contributed by atoms with van der Waals surface area (Å²) in [6.07, 6.45) is 8.83. The van der Waals surface area contributed by atoms with Crippen LogP contribution < -0.4 is 0 Å². The van der Waals surface area contributed by atoms with Crippen molar-refractivity contribution >= 4 is 116 Å². The number of nitrogens with zero attached hydrogens (tertiary/aromatic N) is 3. The Morgan fingerprint density at radius 1 is 0.333 bits per heavy atom. The molecule has 0 aliphatic carbocycles. The molecule has 0 fully saturated rings. The van der Waals surface area contributed by atoms with Crippen molar-refractivity contribution in [2.45, 2.75) is 62.3 Å². The number of furan rings is 6. The number of ketones is 3. The zero-order chi connectivity index (χ0) is 75.7. The van der Waals surface area contributed by atoms with Crippen LogP contribution in [0, 0.1) is 39.0 Å². The molecule has 18 rings (SSSR count). The number of aryl methyl sites for hydroxylation is 3. The summed E-state index contributed by atoms with van der Waals surface area (Å²) in [6.45, 7) is 14.8. The van der Waals surface area contributed by atoms with E-state index in [1.807, 2.05) is 133 Å². The van der Waals surface area contributed by atoms with Gasteiger partial charge in [-0.3, -0.25) is 14.4 Å². The normalized spacial score (nSPS) is 11.3. The van der Waals surface area contributed by atoms with Crippen molar-refractivity contribution in [2.75, 3.05) is 0 Å². The van der Waals surface area contributed by atoms with Crippen molar-refractivity contribution in [3.63, 3.8) is 0 Å². The molecule has 15 nitrogen and oxygen atoms in total. The van der Waals surface area contributed by atoms with E-state index in [2.05, 4.69) is 139 Å². The molecule has 0 bridgehead atoms. The maximum atomic E-state index is 10.0. The number of hydrogen-bond acceptors (Lipinski definition) is 15. The maximum Gasteiger partial charge on any atom is 0.155 e. The number of aliphatic hydroxyl groups excluding tert-OH is 3. The monoisotopic (exact) mass is 2000 g/mol. The van der Waals surface area contributed by atoms with Crippen LogP contribution in [0.15, 0.2) is 299 Å². The van der Waals surface area contributed by atoms with E-state index in [-0.39, 0.29) is 94.9 Å². The van der Waals surface area contributed by atoms with Crippen molar-refractivity contribution in [2.24, 2.45) is 0 Å². The minimum Gasteiger partial charge on any atom is -0.512 e. The van der Waals surface area contributed by atoms with E-state index in [4.69, 9.17) is 41.8 Å². The number of pyridine rings is 3. The Morgan fingerprint density at radius 2 is 0.649 bits per heavy atom. The van der Waals surface area contributed by atoms with Crippen LogP contribution in [-0.2, 0) is 74.7 Å². The van der Waals surface area contributed by atoms with Gasteiger partial charge in [0.2, 0.25) is 0 Å². The van der Waals surface area contributed by atoms with Gasteiger partial charge >= 0.3 is 0 Å². The Hall–Kier alpha value is -12.0. The summed E-state index contributed by atoms with van der Waals surface area (Å²) in [5.41, 5.74) is 19.2. The molecule has 0 saturated heterocycles. The molecule has 0 spiro atoms. The third kappa shape index (κ3) is 19.0. The number of fused-ring (bicyclic) bond motifs is 12. The summed E-state index contributed by atoms with van der Waals surface area (Å²) in [4.78, 5) is 44.0. The van der Waals surface area contributed by atoms with E-state index in [1.54, 1.807) is 18.6 Å². The Labute approximate surface area is 679 Å². The van der Waals surface area contributed by atoms with Gasteiger partial charge in [0.25, 0.3) is 0 Å². The third-order valence-electron chi connectivity index (χ3n) is 17.4. The van der Waals surface area contributed by atoms with E-state index < -0.39 is 0 Å². The van der Waals surface area contributed by atoms with Crippen LogP contribution in [0.4, 0.5) is 0 Å². The molecular formula is C93H72Ir3N3O12-3. The van der Waals surface area contributed by atoms with Crippen LogP contribution in [0.2, 0.25) is 0 Å². The second kappa shape index (κ2) is 36.5. The smallest absolute Gasteiger partial charge is 0.155 e. The average molecular weight is 2000 g/mol. The van der Waals surface area contributed by atoms with Gasteiger partial charge < -0.3 is 56.8 Å². The molecule has 9 aromatic carbocycles. The van der Waals surface area contributed by atoms with Crippen LogP contribution in [0.1, 0.15) is 58.2 Å². The fraction of sp³-hybridized carbons (Fsp3) is 0.0968. The molecule has 18 heteroatoms. The zero-order valence-electron chi connectivity index (χ0n) is 61.6. The summed E-state index contributed by atoms with van der Waals surface area (Å²) >= 11 is 0. The minimum atomic E-state index is -0.125. The first-order valence-corrected chi connectivity index (χ1v) is 34.7. The summed E-state index contributed by atoms with van der Waals surface area (Å²) in [7, 11) is 0. The van der Waals surface area contributed by atoms with E-state index in [0.717, 1.165) is 166 Å². The van der Waals surface area contributed by atoms with Crippen molar-refractivity contribution in [1.29, 1.82) is 0 Å². The number of aromatic nitrogens is 3. The summed E-state index contributed by atoms with van der Waals surface area (Å²) < 4.78 is 36.6. The topological polar surface area (TPSA) is 229 Å². The molecule has 111 heavy (non-hydrogen) atoms. The van der Waals surface area contributed by atoms with E-state index in [1.165, 1.54) is 76.5 Å². The van der Waals surface area contributed by atoms with E-state index in [9.17, 15) is 14.4 Å². The van der Waals surface area contributed by atoms with Crippen molar-refractivity contribution in [3.05, 3.63) is 307 Å². The third-order valence-corrected chi connectivity index (χ3v) is 17.4. The van der Waals surface area contributed by atoms with Crippen LogP contribution in [0.25, 0.3) is 166 Å². The molecule has 0 aliphatic rings. The number of allylic oxidation sites excluding steroid dienone is 6. The fourth-order valence-electron chi connectivity index (χ4n) is 12.7. The number of aliphatic hydroxyl groups is 3. The molecule has 3 N–H and O–H groups in total. The minimum absolute atomic E-state index is 0. The number of para-hydroxylation sites is 3. The number of benzene rings is 9. The van der Waals surface area contributed by atoms with Gasteiger partial charge in [0.15, 0.2) is 34.1 Å². The van der Waals surface area contributed by atoms with Crippen molar-refractivity contribution in [3.8, 4) is 67.7 Å². The van der Waals surface area contributed by atoms with Gasteiger partial charge in [0, 0.05) is 128 Å². The van der Waals surface area contributed by atoms with E-state index >= 15 is 0 Å². The van der Waals surface area contributed by atoms with Gasteiger partial charge in [0.1, 0.15) is 34.0 Å². The molecule has 561 valence electrons. The van der Waals surface area contributed by atoms with Gasteiger partial charge in [-0.15, -0.1) is 54.6 Å². The number of carbonyl (C=O) groups excluding carboxylic acids is 3.